The van der Waals surface area contributed by atoms with Gasteiger partial charge in [0, 0.05) is 13.1 Å². The van der Waals surface area contributed by atoms with Crippen LogP contribution in [0.25, 0.3) is 11.0 Å². The molecule has 1 saturated heterocycles. The molecule has 0 spiro atoms. The van der Waals surface area contributed by atoms with Gasteiger partial charge in [0.1, 0.15) is 5.82 Å². The minimum Gasteiger partial charge on any atom is -0.395 e. The number of fused-ring (bicyclic) bond motifs is 1. The number of aromatic nitrogens is 4. The predicted molar refractivity (Wildman–Crippen MR) is 79.2 cm³/mol. The zero-order chi connectivity index (χ0) is 14.8. The van der Waals surface area contributed by atoms with Crippen LogP contribution in [0.5, 0.6) is 0 Å². The number of aliphatic hydroxyl groups excluding tert-OH is 1. The number of hydrogen-bond acceptors (Lipinski definition) is 7. The molecular weight excluding hydrogens is 270 g/mol. The van der Waals surface area contributed by atoms with Crippen molar-refractivity contribution >= 4 is 16.9 Å². The quantitative estimate of drug-likeness (QED) is 0.537. The number of hydrogen-bond donors (Lipinski definition) is 3. The summed E-state index contributed by atoms with van der Waals surface area (Å²) in [6.07, 6.45) is 5.03. The second kappa shape index (κ2) is 5.92. The van der Waals surface area contributed by atoms with E-state index < -0.39 is 0 Å². The molecule has 4 N–H and O–H groups in total. The molecule has 0 saturated carbocycles. The fourth-order valence-corrected chi connectivity index (χ4v) is 2.90. The Hall–Kier alpha value is -1.77. The molecule has 8 heteroatoms. The lowest BCUT2D eigenvalue weighted by Crippen LogP contribution is -2.41. The Labute approximate surface area is 122 Å². The number of nitrogens with two attached hydrogens (primary N) is 1. The summed E-state index contributed by atoms with van der Waals surface area (Å²) in [6.45, 7) is 1.75. The van der Waals surface area contributed by atoms with Crippen LogP contribution < -0.4 is 11.3 Å². The number of piperidine rings is 1. The first-order chi connectivity index (χ1) is 10.2. The molecule has 0 bridgehead atoms. The molecule has 21 heavy (non-hydrogen) atoms. The predicted octanol–water partition coefficient (Wildman–Crippen LogP) is -0.00430. The van der Waals surface area contributed by atoms with Gasteiger partial charge in [0.25, 0.3) is 0 Å². The monoisotopic (exact) mass is 291 g/mol. The first-order valence-electron chi connectivity index (χ1n) is 7.23. The molecule has 114 valence electrons. The van der Waals surface area contributed by atoms with Crippen molar-refractivity contribution in [3.05, 3.63) is 12.0 Å². The number of aryl methyl sites for hydroxylation is 1. The highest BCUT2D eigenvalue weighted by Crippen LogP contribution is 2.22. The highest BCUT2D eigenvalue weighted by molar-refractivity contribution is 5.86. The summed E-state index contributed by atoms with van der Waals surface area (Å²) in [6, 6.07) is 0.193. The van der Waals surface area contributed by atoms with Crippen LogP contribution in [-0.2, 0) is 13.6 Å². The lowest BCUT2D eigenvalue weighted by Gasteiger charge is -2.33. The first-order valence-corrected chi connectivity index (χ1v) is 7.23. The number of anilines is 1. The van der Waals surface area contributed by atoms with Gasteiger partial charge in [-0.25, -0.2) is 15.8 Å². The summed E-state index contributed by atoms with van der Waals surface area (Å²) in [5.41, 5.74) is 3.37. The van der Waals surface area contributed by atoms with Crippen molar-refractivity contribution in [3.63, 3.8) is 0 Å². The van der Waals surface area contributed by atoms with Crippen LogP contribution in [0.15, 0.2) is 6.20 Å². The number of nitrogens with one attached hydrogen (secondary N) is 1. The van der Waals surface area contributed by atoms with E-state index in [1.165, 1.54) is 6.42 Å². The number of likely N-dealkylation sites (tertiary alicyclic amines) is 1. The molecule has 0 aromatic carbocycles. The van der Waals surface area contributed by atoms with Gasteiger partial charge in [-0.15, -0.1) is 0 Å². The van der Waals surface area contributed by atoms with Crippen molar-refractivity contribution in [2.45, 2.75) is 31.8 Å². The fourth-order valence-electron chi connectivity index (χ4n) is 2.90. The third kappa shape index (κ3) is 2.69. The normalized spacial score (nSPS) is 20.0. The third-order valence-corrected chi connectivity index (χ3v) is 4.08. The number of nitrogen functional groups attached to an aromatic ring is 1. The van der Waals surface area contributed by atoms with Crippen LogP contribution in [0.4, 0.5) is 5.82 Å². The highest BCUT2D eigenvalue weighted by atomic mass is 16.3. The van der Waals surface area contributed by atoms with E-state index in [4.69, 9.17) is 5.84 Å². The minimum absolute atomic E-state index is 0.177. The lowest BCUT2D eigenvalue weighted by atomic mass is 10.0. The number of nitrogens with zero attached hydrogens (tertiary/aromatic N) is 5. The van der Waals surface area contributed by atoms with E-state index in [2.05, 4.69) is 25.4 Å². The Bertz CT molecular complexity index is 626. The number of hydrazine groups is 1. The molecule has 0 radical (unpaired) electrons. The molecule has 0 amide bonds. The maximum Gasteiger partial charge on any atom is 0.163 e. The maximum atomic E-state index is 9.49. The zero-order valence-electron chi connectivity index (χ0n) is 12.2. The molecule has 3 heterocycles. The minimum atomic E-state index is 0.177. The van der Waals surface area contributed by atoms with Crippen LogP contribution in [0, 0.1) is 0 Å². The molecule has 1 aliphatic heterocycles. The fraction of sp³-hybridized carbons (Fsp3) is 0.615. The van der Waals surface area contributed by atoms with Crippen LogP contribution in [0.2, 0.25) is 0 Å². The first kappa shape index (κ1) is 14.2. The molecule has 1 atom stereocenters. The molecule has 2 aromatic rings. The van der Waals surface area contributed by atoms with Gasteiger partial charge >= 0.3 is 0 Å². The van der Waals surface area contributed by atoms with Crippen molar-refractivity contribution in [3.8, 4) is 0 Å². The van der Waals surface area contributed by atoms with Gasteiger partial charge in [-0.1, -0.05) is 6.42 Å². The number of aliphatic hydroxyl groups is 1. The second-order valence-corrected chi connectivity index (χ2v) is 5.44. The summed E-state index contributed by atoms with van der Waals surface area (Å²) in [5, 5.41) is 14.5. The molecular formula is C13H21N7O. The Morgan fingerprint density at radius 1 is 1.43 bits per heavy atom. The molecule has 8 nitrogen and oxygen atoms in total. The van der Waals surface area contributed by atoms with E-state index in [1.807, 2.05) is 7.05 Å². The summed E-state index contributed by atoms with van der Waals surface area (Å²) in [5.74, 6) is 6.83. The van der Waals surface area contributed by atoms with Crippen LogP contribution >= 0.6 is 0 Å². The smallest absolute Gasteiger partial charge is 0.163 e. The van der Waals surface area contributed by atoms with Gasteiger partial charge in [-0.3, -0.25) is 9.58 Å². The van der Waals surface area contributed by atoms with Crippen molar-refractivity contribution in [2.24, 2.45) is 12.9 Å². The molecule has 0 aliphatic carbocycles. The van der Waals surface area contributed by atoms with E-state index in [0.29, 0.717) is 18.2 Å². The van der Waals surface area contributed by atoms with Crippen molar-refractivity contribution in [1.82, 2.24) is 24.6 Å². The van der Waals surface area contributed by atoms with E-state index in [-0.39, 0.29) is 12.6 Å². The van der Waals surface area contributed by atoms with Crippen molar-refractivity contribution in [1.29, 1.82) is 0 Å². The van der Waals surface area contributed by atoms with E-state index in [9.17, 15) is 5.11 Å². The molecule has 1 unspecified atom stereocenters. The average molecular weight is 291 g/mol. The van der Waals surface area contributed by atoms with E-state index in [0.717, 1.165) is 30.4 Å². The van der Waals surface area contributed by atoms with Gasteiger partial charge in [-0.05, 0) is 19.4 Å². The lowest BCUT2D eigenvalue weighted by molar-refractivity contribution is 0.0820. The SMILES string of the molecule is Cn1ncc2c(NN)nc(CN3CCCCC3CO)nc21. The van der Waals surface area contributed by atoms with E-state index >= 15 is 0 Å². The Kier molecular flexibility index (Phi) is 4.00. The molecule has 3 rings (SSSR count). The van der Waals surface area contributed by atoms with Gasteiger partial charge < -0.3 is 10.5 Å². The zero-order valence-corrected chi connectivity index (χ0v) is 12.2. The van der Waals surface area contributed by atoms with Gasteiger partial charge in [-0.2, -0.15) is 5.10 Å². The van der Waals surface area contributed by atoms with Crippen molar-refractivity contribution < 1.29 is 5.11 Å². The summed E-state index contributed by atoms with van der Waals surface area (Å²) in [4.78, 5) is 11.3. The van der Waals surface area contributed by atoms with Gasteiger partial charge in [0.05, 0.1) is 24.7 Å². The van der Waals surface area contributed by atoms with Crippen LogP contribution in [0.3, 0.4) is 0 Å². The summed E-state index contributed by atoms with van der Waals surface area (Å²) in [7, 11) is 1.84. The molecule has 1 aliphatic rings. The topological polar surface area (TPSA) is 105 Å². The molecule has 2 aromatic heterocycles. The number of rotatable bonds is 4. The van der Waals surface area contributed by atoms with Crippen LogP contribution in [-0.4, -0.2) is 48.9 Å². The average Bonchev–Trinajstić information content (AvgIpc) is 2.89. The van der Waals surface area contributed by atoms with Gasteiger partial charge in [0.15, 0.2) is 11.5 Å². The Morgan fingerprint density at radius 2 is 2.29 bits per heavy atom. The Balaban J connectivity index is 1.91. The summed E-state index contributed by atoms with van der Waals surface area (Å²) < 4.78 is 1.71. The third-order valence-electron chi connectivity index (χ3n) is 4.08. The van der Waals surface area contributed by atoms with E-state index in [1.54, 1.807) is 10.9 Å². The maximum absolute atomic E-state index is 9.49. The summed E-state index contributed by atoms with van der Waals surface area (Å²) >= 11 is 0. The standard InChI is InChI=1S/C13H21N7O/c1-19-13-10(6-15-19)12(18-14)16-11(17-13)7-20-5-3-2-4-9(20)8-21/h6,9,21H,2-5,7-8,14H2,1H3,(H,16,17,18). The van der Waals surface area contributed by atoms with Crippen molar-refractivity contribution in [2.75, 3.05) is 18.6 Å². The largest absolute Gasteiger partial charge is 0.395 e. The van der Waals surface area contributed by atoms with Gasteiger partial charge in [0.2, 0.25) is 0 Å². The highest BCUT2D eigenvalue weighted by Gasteiger charge is 2.23. The van der Waals surface area contributed by atoms with Crippen LogP contribution in [0.1, 0.15) is 25.1 Å². The second-order valence-electron chi connectivity index (χ2n) is 5.44. The Morgan fingerprint density at radius 3 is 3.05 bits per heavy atom. The molecule has 1 fully saturated rings.